The predicted octanol–water partition coefficient (Wildman–Crippen LogP) is 8.09. The van der Waals surface area contributed by atoms with Crippen LogP contribution in [0.5, 0.6) is 5.75 Å². The maximum absolute atomic E-state index is 11.0. The third kappa shape index (κ3) is 17.7. The molecule has 0 saturated carbocycles. The molecule has 5 nitrogen and oxygen atoms in total. The zero-order valence-corrected chi connectivity index (χ0v) is 30.3. The molecule has 0 aliphatic heterocycles. The van der Waals surface area contributed by atoms with Crippen molar-refractivity contribution >= 4 is 26.5 Å². The van der Waals surface area contributed by atoms with Crippen molar-refractivity contribution in [1.29, 1.82) is 0 Å². The molecule has 0 aliphatic carbocycles. The quantitative estimate of drug-likeness (QED) is 0.0621. The third-order valence-electron chi connectivity index (χ3n) is 7.08. The second kappa shape index (κ2) is 18.7. The first kappa shape index (κ1) is 36.4. The standard InChI is InChI=1S/C29H49O5Si.3CH3.Sn/c1-8-26(21-33-22-27-12-14-29(31-4)15-13-27)19-28(30)18-24(2)10-9-11-25(3)20-34-23-32-16-17-35(5,6)7;;;;/h11-15,24,26,28,30H,1,9-10,16-23H2,2-7H3;3*1H3;/b25-11+;;;;/t24-,26-,28-;;;;/m0..../s1. The molecule has 0 saturated heterocycles. The first-order valence-electron chi connectivity index (χ1n) is 14.6. The minimum absolute atomic E-state index is 0.202. The second-order valence-electron chi connectivity index (χ2n) is 13.4. The van der Waals surface area contributed by atoms with Gasteiger partial charge in [0.2, 0.25) is 0 Å². The summed E-state index contributed by atoms with van der Waals surface area (Å²) in [4.78, 5) is 7.17. The van der Waals surface area contributed by atoms with E-state index in [-0.39, 0.29) is 12.0 Å². The van der Waals surface area contributed by atoms with Crippen LogP contribution in [0.4, 0.5) is 0 Å². The van der Waals surface area contributed by atoms with Crippen LogP contribution in [0, 0.1) is 11.8 Å². The van der Waals surface area contributed by atoms with Crippen molar-refractivity contribution < 1.29 is 24.1 Å². The van der Waals surface area contributed by atoms with Gasteiger partial charge in [0, 0.05) is 14.7 Å². The molecule has 0 amide bonds. The van der Waals surface area contributed by atoms with Gasteiger partial charge in [-0.25, -0.2) is 0 Å². The summed E-state index contributed by atoms with van der Waals surface area (Å²) in [6, 6.07) is 9.15. The Kier molecular flexibility index (Phi) is 17.5. The van der Waals surface area contributed by atoms with Gasteiger partial charge in [0.1, 0.15) is 6.79 Å². The van der Waals surface area contributed by atoms with Gasteiger partial charge in [0.15, 0.2) is 0 Å². The van der Waals surface area contributed by atoms with Gasteiger partial charge in [0.05, 0.1) is 0 Å². The number of aliphatic hydroxyl groups is 1. The van der Waals surface area contributed by atoms with Gasteiger partial charge in [-0.3, -0.25) is 0 Å². The molecule has 1 rings (SSSR count). The molecule has 1 aromatic carbocycles. The fourth-order valence-corrected chi connectivity index (χ4v) is 9.17. The van der Waals surface area contributed by atoms with Crippen molar-refractivity contribution in [3.8, 4) is 5.75 Å². The number of ether oxygens (including phenoxy) is 4. The van der Waals surface area contributed by atoms with E-state index >= 15 is 0 Å². The van der Waals surface area contributed by atoms with Crippen LogP contribution >= 0.6 is 0 Å². The van der Waals surface area contributed by atoms with E-state index in [0.29, 0.717) is 32.5 Å². The summed E-state index contributed by atoms with van der Waals surface area (Å²) < 4.78 is 24.0. The van der Waals surface area contributed by atoms with Crippen molar-refractivity contribution in [3.63, 3.8) is 0 Å². The minimum atomic E-state index is -2.34. The van der Waals surface area contributed by atoms with Gasteiger partial charge in [-0.05, 0) is 6.04 Å². The van der Waals surface area contributed by atoms with E-state index in [1.54, 1.807) is 7.11 Å². The van der Waals surface area contributed by atoms with Gasteiger partial charge < -0.3 is 4.74 Å². The molecule has 0 radical (unpaired) electrons. The van der Waals surface area contributed by atoms with E-state index in [1.165, 1.54) is 15.2 Å². The van der Waals surface area contributed by atoms with E-state index in [0.717, 1.165) is 43.6 Å². The van der Waals surface area contributed by atoms with Crippen molar-refractivity contribution in [1.82, 2.24) is 0 Å². The molecule has 0 fully saturated rings. The van der Waals surface area contributed by atoms with E-state index in [1.807, 2.05) is 24.3 Å². The molecule has 0 aliphatic rings. The molecule has 0 aromatic heterocycles. The van der Waals surface area contributed by atoms with Crippen molar-refractivity contribution in [3.05, 3.63) is 51.6 Å². The average molecular weight is 670 g/mol. The van der Waals surface area contributed by atoms with E-state index in [4.69, 9.17) is 18.9 Å². The summed E-state index contributed by atoms with van der Waals surface area (Å²) in [6.07, 6.45) is 5.49. The maximum atomic E-state index is 11.0. The molecule has 0 bridgehead atoms. The summed E-state index contributed by atoms with van der Waals surface area (Å²) in [7, 11) is 0.628. The summed E-state index contributed by atoms with van der Waals surface area (Å²) in [5, 5.41) is 11.0. The fourth-order valence-electron chi connectivity index (χ4n) is 4.34. The van der Waals surface area contributed by atoms with E-state index < -0.39 is 26.5 Å². The molecule has 3 atom stereocenters. The van der Waals surface area contributed by atoms with Crippen LogP contribution in [-0.2, 0) is 20.8 Å². The van der Waals surface area contributed by atoms with Crippen LogP contribution in [0.3, 0.4) is 0 Å². The van der Waals surface area contributed by atoms with Crippen molar-refractivity contribution in [2.45, 2.75) is 92.7 Å². The van der Waals surface area contributed by atoms with Crippen LogP contribution in [0.2, 0.25) is 40.5 Å². The van der Waals surface area contributed by atoms with Gasteiger partial charge in [-0.2, -0.15) is 0 Å². The van der Waals surface area contributed by atoms with Crippen LogP contribution in [0.25, 0.3) is 0 Å². The van der Waals surface area contributed by atoms with E-state index in [9.17, 15) is 5.11 Å². The Morgan fingerprint density at radius 2 is 1.72 bits per heavy atom. The molecule has 0 heterocycles. The monoisotopic (exact) mass is 670 g/mol. The number of hydrogen-bond donors (Lipinski definition) is 1. The molecule has 0 unspecified atom stereocenters. The first-order valence-corrected chi connectivity index (χ1v) is 28.3. The van der Waals surface area contributed by atoms with Crippen LogP contribution in [0.1, 0.15) is 45.1 Å². The Morgan fingerprint density at radius 1 is 1.05 bits per heavy atom. The van der Waals surface area contributed by atoms with Gasteiger partial charge in [-0.15, -0.1) is 0 Å². The molecular weight excluding hydrogens is 611 g/mol. The molecule has 7 heteroatoms. The first-order chi connectivity index (χ1) is 18.2. The summed E-state index contributed by atoms with van der Waals surface area (Å²) in [5.74, 6) is 1.50. The normalized spacial score (nSPS) is 15.2. The molecular formula is C32H58O5SiSn. The Bertz CT molecular complexity index is 842. The Morgan fingerprint density at radius 3 is 2.31 bits per heavy atom. The number of rotatable bonds is 21. The van der Waals surface area contributed by atoms with Gasteiger partial charge >= 0.3 is 194 Å². The molecule has 39 heavy (non-hydrogen) atoms. The van der Waals surface area contributed by atoms with Gasteiger partial charge in [-0.1, -0.05) is 19.6 Å². The second-order valence-corrected chi connectivity index (χ2v) is 33.7. The van der Waals surface area contributed by atoms with E-state index in [2.05, 4.69) is 61.0 Å². The third-order valence-corrected chi connectivity index (χ3v) is 15.4. The Labute approximate surface area is 245 Å². The zero-order chi connectivity index (χ0) is 29.5. The summed E-state index contributed by atoms with van der Waals surface area (Å²) in [6.45, 7) is 18.8. The number of hydrogen-bond acceptors (Lipinski definition) is 5. The van der Waals surface area contributed by atoms with Crippen molar-refractivity contribution in [2.24, 2.45) is 11.8 Å². The average Bonchev–Trinajstić information content (AvgIpc) is 2.84. The molecule has 1 aromatic rings. The predicted molar refractivity (Wildman–Crippen MR) is 171 cm³/mol. The SMILES string of the molecule is C=[C]([C@H](COCc1ccc(OC)cc1)C[C@@H](O)C[C@@H](C)CC/C=C(\C)COCOCC[Si](C)(C)C)[Sn]([CH3])([CH3])[CH3]. The summed E-state index contributed by atoms with van der Waals surface area (Å²) in [5.41, 5.74) is 2.36. The van der Waals surface area contributed by atoms with Crippen LogP contribution in [0.15, 0.2) is 46.1 Å². The summed E-state index contributed by atoms with van der Waals surface area (Å²) >= 11 is -2.34. The van der Waals surface area contributed by atoms with Gasteiger partial charge in [0.25, 0.3) is 0 Å². The molecule has 1 N–H and O–H groups in total. The fraction of sp³-hybridized carbons (Fsp3) is 0.688. The molecule has 224 valence electrons. The van der Waals surface area contributed by atoms with Crippen molar-refractivity contribution in [2.75, 3.05) is 33.7 Å². The number of methoxy groups -OCH3 is 1. The zero-order valence-electron chi connectivity index (χ0n) is 26.5. The van der Waals surface area contributed by atoms with Crippen LogP contribution in [-0.4, -0.2) is 71.4 Å². The Hall–Kier alpha value is -0.644. The Balaban J connectivity index is 2.43. The number of benzene rings is 1. The number of allylic oxidation sites excluding steroid dienone is 1. The topological polar surface area (TPSA) is 57.2 Å². The molecule has 0 spiro atoms. The number of aliphatic hydroxyl groups excluding tert-OH is 1. The van der Waals surface area contributed by atoms with Crippen LogP contribution < -0.4 is 4.74 Å².